The quantitative estimate of drug-likeness (QED) is 0.166. The molecule has 3 rings (SSSR count). The van der Waals surface area contributed by atoms with Crippen molar-refractivity contribution in [3.63, 3.8) is 0 Å². The van der Waals surface area contributed by atoms with E-state index >= 15 is 0 Å². The maximum Gasteiger partial charge on any atom is 0.343 e. The van der Waals surface area contributed by atoms with E-state index in [4.69, 9.17) is 14.7 Å². The molecule has 0 aromatic heterocycles. The number of hydrogen-bond donors (Lipinski definition) is 1. The Labute approximate surface area is 172 Å². The zero-order valence-corrected chi connectivity index (χ0v) is 15.9. The Morgan fingerprint density at radius 1 is 0.767 bits per heavy atom. The van der Waals surface area contributed by atoms with Crippen LogP contribution >= 0.6 is 0 Å². The number of ketones is 1. The fourth-order valence-electron chi connectivity index (χ4n) is 2.55. The number of benzene rings is 3. The molecule has 0 fully saturated rings. The van der Waals surface area contributed by atoms with E-state index in [1.165, 1.54) is 25.1 Å². The van der Waals surface area contributed by atoms with E-state index in [-0.39, 0.29) is 28.3 Å². The summed E-state index contributed by atoms with van der Waals surface area (Å²) in [5, 5.41) is 11.8. The molecule has 150 valence electrons. The highest BCUT2D eigenvalue weighted by Crippen LogP contribution is 2.27. The van der Waals surface area contributed by atoms with Crippen molar-refractivity contribution >= 4 is 23.4 Å². The summed E-state index contributed by atoms with van der Waals surface area (Å²) in [5.74, 6) is -2.00. The second kappa shape index (κ2) is 9.29. The predicted octanol–water partition coefficient (Wildman–Crippen LogP) is 4.16. The number of oxime groups is 1. The first kappa shape index (κ1) is 20.5. The third-order valence-corrected chi connectivity index (χ3v) is 4.11. The molecular weight excluding hydrogens is 386 g/mol. The lowest BCUT2D eigenvalue weighted by molar-refractivity contribution is 0.0732. The molecule has 0 spiro atoms. The summed E-state index contributed by atoms with van der Waals surface area (Å²) in [4.78, 5) is 37.2. The smallest absolute Gasteiger partial charge is 0.343 e. The Kier molecular flexibility index (Phi) is 6.34. The zero-order valence-electron chi connectivity index (χ0n) is 15.9. The normalized spacial score (nSPS) is 10.9. The Bertz CT molecular complexity index is 1110. The van der Waals surface area contributed by atoms with Crippen LogP contribution in [0.25, 0.3) is 0 Å². The molecule has 0 amide bonds. The molecule has 0 aliphatic carbocycles. The van der Waals surface area contributed by atoms with Crippen molar-refractivity contribution in [2.75, 3.05) is 0 Å². The molecule has 3 aromatic carbocycles. The third-order valence-electron chi connectivity index (χ3n) is 4.11. The maximum atomic E-state index is 12.5. The first-order valence-electron chi connectivity index (χ1n) is 8.91. The number of rotatable bonds is 6. The van der Waals surface area contributed by atoms with Gasteiger partial charge < -0.3 is 14.7 Å². The summed E-state index contributed by atoms with van der Waals surface area (Å²) in [7, 11) is 0. The zero-order chi connectivity index (χ0) is 21.5. The van der Waals surface area contributed by atoms with Crippen molar-refractivity contribution in [1.29, 1.82) is 0 Å². The minimum Gasteiger partial charge on any atom is -0.423 e. The molecule has 0 heterocycles. The average molecular weight is 403 g/mol. The molecule has 0 aliphatic heterocycles. The van der Waals surface area contributed by atoms with Crippen molar-refractivity contribution in [3.05, 3.63) is 95.6 Å². The summed E-state index contributed by atoms with van der Waals surface area (Å²) in [6.45, 7) is 1.31. The standard InChI is InChI=1S/C23H17NO6/c1-15(24-28)21(25)19-13-12-18(29-22(26)16-8-4-2-5-9-16)14-20(19)30-23(27)17-10-6-3-7-11-17/h2-14,28H,1H3/b24-15-. The van der Waals surface area contributed by atoms with Gasteiger partial charge in [0.1, 0.15) is 17.2 Å². The molecule has 0 aliphatic rings. The fourth-order valence-corrected chi connectivity index (χ4v) is 2.55. The molecule has 7 heteroatoms. The van der Waals surface area contributed by atoms with Gasteiger partial charge in [-0.2, -0.15) is 0 Å². The minimum absolute atomic E-state index is 0.0194. The van der Waals surface area contributed by atoms with Crippen LogP contribution in [0.4, 0.5) is 0 Å². The number of esters is 2. The topological polar surface area (TPSA) is 102 Å². The molecule has 0 saturated heterocycles. The van der Waals surface area contributed by atoms with Crippen LogP contribution in [0.3, 0.4) is 0 Å². The summed E-state index contributed by atoms with van der Waals surface area (Å²) in [6, 6.07) is 20.5. The molecule has 0 unspecified atom stereocenters. The number of nitrogens with zero attached hydrogens (tertiary/aromatic N) is 1. The monoisotopic (exact) mass is 403 g/mol. The third kappa shape index (κ3) is 4.77. The van der Waals surface area contributed by atoms with Crippen LogP contribution in [0, 0.1) is 0 Å². The Morgan fingerprint density at radius 3 is 1.83 bits per heavy atom. The van der Waals surface area contributed by atoms with Gasteiger partial charge in [0.05, 0.1) is 16.7 Å². The largest absolute Gasteiger partial charge is 0.423 e. The SMILES string of the molecule is C/C(=N/O)C(=O)c1ccc(OC(=O)c2ccccc2)cc1OC(=O)c1ccccc1. The fraction of sp³-hybridized carbons (Fsp3) is 0.0435. The number of carbonyl (C=O) groups excluding carboxylic acids is 3. The van der Waals surface area contributed by atoms with Crippen molar-refractivity contribution in [3.8, 4) is 11.5 Å². The molecule has 0 radical (unpaired) electrons. The highest BCUT2D eigenvalue weighted by Gasteiger charge is 2.21. The van der Waals surface area contributed by atoms with Crippen molar-refractivity contribution in [2.24, 2.45) is 5.16 Å². The maximum absolute atomic E-state index is 12.5. The van der Waals surface area contributed by atoms with Gasteiger partial charge in [-0.05, 0) is 43.3 Å². The van der Waals surface area contributed by atoms with Crippen LogP contribution in [0.5, 0.6) is 11.5 Å². The van der Waals surface area contributed by atoms with Gasteiger partial charge in [-0.3, -0.25) is 4.79 Å². The minimum atomic E-state index is -0.699. The van der Waals surface area contributed by atoms with E-state index in [0.717, 1.165) is 0 Å². The number of carbonyl (C=O) groups is 3. The van der Waals surface area contributed by atoms with Crippen molar-refractivity contribution in [2.45, 2.75) is 6.92 Å². The summed E-state index contributed by atoms with van der Waals surface area (Å²) in [5.41, 5.74) is 0.397. The van der Waals surface area contributed by atoms with Gasteiger partial charge in [0.2, 0.25) is 5.78 Å². The van der Waals surface area contributed by atoms with Crippen LogP contribution < -0.4 is 9.47 Å². The molecule has 0 saturated carbocycles. The Balaban J connectivity index is 1.93. The number of hydrogen-bond acceptors (Lipinski definition) is 7. The van der Waals surface area contributed by atoms with Crippen LogP contribution in [0.2, 0.25) is 0 Å². The summed E-state index contributed by atoms with van der Waals surface area (Å²) in [6.07, 6.45) is 0. The van der Waals surface area contributed by atoms with Crippen molar-refractivity contribution in [1.82, 2.24) is 0 Å². The molecule has 1 N–H and O–H groups in total. The average Bonchev–Trinajstić information content (AvgIpc) is 2.79. The van der Waals surface area contributed by atoms with Crippen LogP contribution in [0.15, 0.2) is 84.0 Å². The van der Waals surface area contributed by atoms with E-state index in [9.17, 15) is 14.4 Å². The number of ether oxygens (including phenoxy) is 2. The molecule has 0 atom stereocenters. The van der Waals surface area contributed by atoms with Crippen LogP contribution in [0.1, 0.15) is 38.0 Å². The van der Waals surface area contributed by atoms with Gasteiger partial charge in [-0.25, -0.2) is 9.59 Å². The number of Topliss-reactive ketones (excluding diaryl/α,β-unsaturated/α-hetero) is 1. The first-order chi connectivity index (χ1) is 14.5. The van der Waals surface area contributed by atoms with E-state index in [0.29, 0.717) is 5.56 Å². The van der Waals surface area contributed by atoms with E-state index < -0.39 is 17.7 Å². The predicted molar refractivity (Wildman–Crippen MR) is 108 cm³/mol. The second-order valence-corrected chi connectivity index (χ2v) is 6.18. The van der Waals surface area contributed by atoms with Crippen LogP contribution in [-0.4, -0.2) is 28.6 Å². The lowest BCUT2D eigenvalue weighted by Crippen LogP contribution is -2.16. The van der Waals surface area contributed by atoms with Gasteiger partial charge in [-0.15, -0.1) is 0 Å². The van der Waals surface area contributed by atoms with E-state index in [1.54, 1.807) is 60.7 Å². The summed E-state index contributed by atoms with van der Waals surface area (Å²) < 4.78 is 10.7. The molecule has 7 nitrogen and oxygen atoms in total. The van der Waals surface area contributed by atoms with Gasteiger partial charge in [0.15, 0.2) is 0 Å². The molecule has 3 aromatic rings. The molecule has 30 heavy (non-hydrogen) atoms. The highest BCUT2D eigenvalue weighted by molar-refractivity contribution is 6.45. The highest BCUT2D eigenvalue weighted by atomic mass is 16.5. The Hall–Kier alpha value is -4.26. The second-order valence-electron chi connectivity index (χ2n) is 6.18. The molecule has 0 bridgehead atoms. The lowest BCUT2D eigenvalue weighted by Gasteiger charge is -2.12. The van der Waals surface area contributed by atoms with Gasteiger partial charge in [0, 0.05) is 6.07 Å². The lowest BCUT2D eigenvalue weighted by atomic mass is 10.1. The van der Waals surface area contributed by atoms with E-state index in [1.807, 2.05) is 0 Å². The van der Waals surface area contributed by atoms with E-state index in [2.05, 4.69) is 5.16 Å². The molecular formula is C23H17NO6. The van der Waals surface area contributed by atoms with Gasteiger partial charge in [0.25, 0.3) is 0 Å². The summed E-state index contributed by atoms with van der Waals surface area (Å²) >= 11 is 0. The first-order valence-corrected chi connectivity index (χ1v) is 8.91. The van der Waals surface area contributed by atoms with Gasteiger partial charge in [-0.1, -0.05) is 41.6 Å². The van der Waals surface area contributed by atoms with Gasteiger partial charge >= 0.3 is 11.9 Å². The van der Waals surface area contributed by atoms with Crippen molar-refractivity contribution < 1.29 is 29.1 Å². The van der Waals surface area contributed by atoms with Crippen LogP contribution in [-0.2, 0) is 0 Å². The Morgan fingerprint density at radius 2 is 1.30 bits per heavy atom.